The largest absolute Gasteiger partial charge is 0.399 e. The molecule has 0 radical (unpaired) electrons. The summed E-state index contributed by atoms with van der Waals surface area (Å²) in [6, 6.07) is -0.121. The molecule has 3 nitrogen and oxygen atoms in total. The number of nitrogens with zero attached hydrogens (tertiary/aromatic N) is 1. The van der Waals surface area contributed by atoms with E-state index in [0.29, 0.717) is 6.61 Å². The van der Waals surface area contributed by atoms with Gasteiger partial charge in [-0.2, -0.15) is 13.2 Å². The van der Waals surface area contributed by atoms with Crippen molar-refractivity contribution in [3.8, 4) is 0 Å². The average molecular weight is 258 g/mol. The summed E-state index contributed by atoms with van der Waals surface area (Å²) in [6.07, 6.45) is -4.40. The highest BCUT2D eigenvalue weighted by atomic mass is 32.1. The Bertz CT molecular complexity index is 235. The van der Waals surface area contributed by atoms with Gasteiger partial charge in [0.1, 0.15) is 5.92 Å². The highest BCUT2D eigenvalue weighted by molar-refractivity contribution is 7.80. The minimum atomic E-state index is -4.40. The summed E-state index contributed by atoms with van der Waals surface area (Å²) in [5, 5.41) is 0. The molecule has 0 spiro atoms. The maximum absolute atomic E-state index is 12.6. The summed E-state index contributed by atoms with van der Waals surface area (Å²) in [6.45, 7) is 1.89. The van der Waals surface area contributed by atoms with Gasteiger partial charge in [-0.05, 0) is 14.0 Å². The fourth-order valence-corrected chi connectivity index (χ4v) is 1.40. The molecule has 0 aliphatic rings. The molecule has 0 aliphatic heterocycles. The number of thiocarbonyl (C=S) groups is 1. The molecule has 0 saturated carbocycles. The van der Waals surface area contributed by atoms with Crippen molar-refractivity contribution in [1.29, 1.82) is 0 Å². The van der Waals surface area contributed by atoms with E-state index in [1.165, 1.54) is 12.0 Å². The average Bonchev–Trinajstić information content (AvgIpc) is 2.11. The summed E-state index contributed by atoms with van der Waals surface area (Å²) in [5.74, 6) is -1.77. The van der Waals surface area contributed by atoms with Gasteiger partial charge >= 0.3 is 6.18 Å². The Hall–Kier alpha value is -0.400. The van der Waals surface area contributed by atoms with E-state index < -0.39 is 17.1 Å². The van der Waals surface area contributed by atoms with Crippen LogP contribution in [0.2, 0.25) is 0 Å². The van der Waals surface area contributed by atoms with E-state index in [4.69, 9.17) is 10.5 Å². The lowest BCUT2D eigenvalue weighted by Gasteiger charge is -2.29. The maximum Gasteiger partial charge on any atom is 0.399 e. The summed E-state index contributed by atoms with van der Waals surface area (Å²) < 4.78 is 42.5. The summed E-state index contributed by atoms with van der Waals surface area (Å²) in [5.41, 5.74) is 5.10. The molecule has 2 unspecified atom stereocenters. The quantitative estimate of drug-likeness (QED) is 0.731. The second kappa shape index (κ2) is 6.36. The van der Waals surface area contributed by atoms with Gasteiger partial charge in [0.15, 0.2) is 0 Å². The SMILES string of the molecule is COCC(C)N(C)CC(C(N)=S)C(F)(F)F. The van der Waals surface area contributed by atoms with Crippen LogP contribution >= 0.6 is 12.2 Å². The van der Waals surface area contributed by atoms with Crippen molar-refractivity contribution in [1.82, 2.24) is 4.90 Å². The normalized spacial score (nSPS) is 16.2. The molecule has 0 aliphatic carbocycles. The van der Waals surface area contributed by atoms with Crippen molar-refractivity contribution in [2.75, 3.05) is 27.3 Å². The molecular weight excluding hydrogens is 241 g/mol. The molecule has 0 heterocycles. The van der Waals surface area contributed by atoms with Crippen LogP contribution in [0.1, 0.15) is 6.92 Å². The van der Waals surface area contributed by atoms with E-state index in [1.54, 1.807) is 14.0 Å². The van der Waals surface area contributed by atoms with Crippen LogP contribution in [0.4, 0.5) is 13.2 Å². The van der Waals surface area contributed by atoms with Crippen LogP contribution in [-0.4, -0.2) is 49.4 Å². The van der Waals surface area contributed by atoms with Gasteiger partial charge in [0, 0.05) is 19.7 Å². The Kier molecular flexibility index (Phi) is 6.20. The minimum Gasteiger partial charge on any atom is -0.393 e. The molecule has 96 valence electrons. The lowest BCUT2D eigenvalue weighted by molar-refractivity contribution is -0.159. The van der Waals surface area contributed by atoms with Crippen LogP contribution in [0.5, 0.6) is 0 Å². The van der Waals surface area contributed by atoms with Gasteiger partial charge in [-0.1, -0.05) is 12.2 Å². The van der Waals surface area contributed by atoms with Crippen molar-refractivity contribution in [3.63, 3.8) is 0 Å². The molecular formula is C9H17F3N2OS. The minimum absolute atomic E-state index is 0.121. The Labute approximate surface area is 98.7 Å². The van der Waals surface area contributed by atoms with Gasteiger partial charge in [0.05, 0.1) is 11.6 Å². The molecule has 16 heavy (non-hydrogen) atoms. The Morgan fingerprint density at radius 1 is 1.50 bits per heavy atom. The highest BCUT2D eigenvalue weighted by Gasteiger charge is 2.42. The molecule has 0 amide bonds. The predicted molar refractivity (Wildman–Crippen MR) is 60.3 cm³/mol. The monoisotopic (exact) mass is 258 g/mol. The molecule has 2 atom stereocenters. The van der Waals surface area contributed by atoms with Gasteiger partial charge < -0.3 is 15.4 Å². The van der Waals surface area contributed by atoms with Gasteiger partial charge in [0.25, 0.3) is 0 Å². The van der Waals surface area contributed by atoms with E-state index in [2.05, 4.69) is 12.2 Å². The van der Waals surface area contributed by atoms with Gasteiger partial charge in [-0.3, -0.25) is 0 Å². The molecule has 0 aromatic heterocycles. The molecule has 0 fully saturated rings. The Morgan fingerprint density at radius 3 is 2.31 bits per heavy atom. The van der Waals surface area contributed by atoms with E-state index in [0.717, 1.165) is 0 Å². The zero-order valence-electron chi connectivity index (χ0n) is 9.54. The van der Waals surface area contributed by atoms with Crippen LogP contribution in [0.3, 0.4) is 0 Å². The number of ether oxygens (including phenoxy) is 1. The third-order valence-corrected chi connectivity index (χ3v) is 2.65. The zero-order valence-corrected chi connectivity index (χ0v) is 10.4. The lowest BCUT2D eigenvalue weighted by atomic mass is 10.1. The topological polar surface area (TPSA) is 38.5 Å². The molecule has 0 bridgehead atoms. The number of alkyl halides is 3. The first-order valence-electron chi connectivity index (χ1n) is 4.75. The van der Waals surface area contributed by atoms with Gasteiger partial charge in [0.2, 0.25) is 0 Å². The van der Waals surface area contributed by atoms with E-state index in [-0.39, 0.29) is 12.6 Å². The number of likely N-dealkylation sites (N-methyl/N-ethyl adjacent to an activating group) is 1. The van der Waals surface area contributed by atoms with E-state index in [9.17, 15) is 13.2 Å². The molecule has 0 aromatic carbocycles. The van der Waals surface area contributed by atoms with Gasteiger partial charge in [-0.15, -0.1) is 0 Å². The van der Waals surface area contributed by atoms with Gasteiger partial charge in [-0.25, -0.2) is 0 Å². The number of rotatable bonds is 6. The summed E-state index contributed by atoms with van der Waals surface area (Å²) >= 11 is 4.43. The van der Waals surface area contributed by atoms with E-state index >= 15 is 0 Å². The van der Waals surface area contributed by atoms with Crippen LogP contribution in [0.15, 0.2) is 0 Å². The van der Waals surface area contributed by atoms with Crippen molar-refractivity contribution in [3.05, 3.63) is 0 Å². The highest BCUT2D eigenvalue weighted by Crippen LogP contribution is 2.27. The van der Waals surface area contributed by atoms with Crippen LogP contribution in [0, 0.1) is 5.92 Å². The second-order valence-corrected chi connectivity index (χ2v) is 4.21. The number of methoxy groups -OCH3 is 1. The number of hydrogen-bond donors (Lipinski definition) is 1. The second-order valence-electron chi connectivity index (χ2n) is 3.74. The molecule has 0 rings (SSSR count). The molecule has 7 heteroatoms. The first-order valence-corrected chi connectivity index (χ1v) is 5.16. The first-order chi connectivity index (χ1) is 7.20. The number of nitrogens with two attached hydrogens (primary N) is 1. The van der Waals surface area contributed by atoms with Crippen LogP contribution in [0.25, 0.3) is 0 Å². The van der Waals surface area contributed by atoms with Crippen LogP contribution < -0.4 is 5.73 Å². The van der Waals surface area contributed by atoms with Crippen molar-refractivity contribution in [2.45, 2.75) is 19.1 Å². The lowest BCUT2D eigenvalue weighted by Crippen LogP contribution is -2.45. The Morgan fingerprint density at radius 2 is 2.00 bits per heavy atom. The third-order valence-electron chi connectivity index (χ3n) is 2.37. The fourth-order valence-electron chi connectivity index (χ4n) is 1.19. The summed E-state index contributed by atoms with van der Waals surface area (Å²) in [4.78, 5) is 1.00. The number of hydrogen-bond acceptors (Lipinski definition) is 3. The first kappa shape index (κ1) is 15.6. The molecule has 0 saturated heterocycles. The number of halogens is 3. The summed E-state index contributed by atoms with van der Waals surface area (Å²) in [7, 11) is 3.08. The third kappa shape index (κ3) is 5.09. The van der Waals surface area contributed by atoms with Crippen molar-refractivity contribution in [2.24, 2.45) is 11.7 Å². The standard InChI is InChI=1S/C9H17F3N2OS/c1-6(5-15-3)14(2)4-7(8(13)16)9(10,11)12/h6-7H,4-5H2,1-3H3,(H2,13,16). The van der Waals surface area contributed by atoms with Crippen LogP contribution in [-0.2, 0) is 4.74 Å². The van der Waals surface area contributed by atoms with Crippen molar-refractivity contribution >= 4 is 17.2 Å². The molecule has 2 N–H and O–H groups in total. The predicted octanol–water partition coefficient (Wildman–Crippen LogP) is 1.42. The zero-order chi connectivity index (χ0) is 12.9. The fraction of sp³-hybridized carbons (Fsp3) is 0.889. The van der Waals surface area contributed by atoms with E-state index in [1.807, 2.05) is 0 Å². The molecule has 0 aromatic rings. The Balaban J connectivity index is 4.47. The van der Waals surface area contributed by atoms with Crippen molar-refractivity contribution < 1.29 is 17.9 Å². The smallest absolute Gasteiger partial charge is 0.393 e. The maximum atomic E-state index is 12.6.